The molecule has 0 fully saturated rings. The fourth-order valence-corrected chi connectivity index (χ4v) is 2.67. The highest BCUT2D eigenvalue weighted by molar-refractivity contribution is 9.10. The van der Waals surface area contributed by atoms with E-state index < -0.39 is 5.97 Å². The fraction of sp³-hybridized carbons (Fsp3) is 0.176. The zero-order valence-corrected chi connectivity index (χ0v) is 14.5. The van der Waals surface area contributed by atoms with E-state index in [2.05, 4.69) is 25.9 Å². The van der Waals surface area contributed by atoms with Crippen molar-refractivity contribution >= 4 is 32.9 Å². The molecule has 0 atom stereocenters. The summed E-state index contributed by atoms with van der Waals surface area (Å²) in [5.74, 6) is -0.0850. The van der Waals surface area contributed by atoms with Crippen molar-refractivity contribution in [3.8, 4) is 11.4 Å². The van der Waals surface area contributed by atoms with Gasteiger partial charge in [-0.1, -0.05) is 30.3 Å². The number of carbonyl (C=O) groups is 1. The van der Waals surface area contributed by atoms with Gasteiger partial charge in [0, 0.05) is 5.56 Å². The third-order valence-electron chi connectivity index (χ3n) is 3.39. The monoisotopic (exact) mass is 387 g/mol. The number of benzene rings is 1. The van der Waals surface area contributed by atoms with Crippen molar-refractivity contribution in [1.29, 1.82) is 0 Å². The number of nitrogens with zero attached hydrogens (tertiary/aromatic N) is 3. The maximum atomic E-state index is 12.8. The Morgan fingerprint density at radius 2 is 1.92 bits per heavy atom. The van der Waals surface area contributed by atoms with Crippen LogP contribution in [0.2, 0.25) is 0 Å². The molecule has 0 saturated heterocycles. The van der Waals surface area contributed by atoms with E-state index in [1.807, 2.05) is 30.3 Å². The van der Waals surface area contributed by atoms with Crippen LogP contribution in [0, 0.1) is 0 Å². The normalized spacial score (nSPS) is 10.8. The molecule has 0 radical (unpaired) electrons. The smallest absolute Gasteiger partial charge is 0.326 e. The number of fused-ring (bicyclic) bond motifs is 1. The summed E-state index contributed by atoms with van der Waals surface area (Å²) in [6.07, 6.45) is 0. The minimum atomic E-state index is -0.493. The predicted octanol–water partition coefficient (Wildman–Crippen LogP) is 2.78. The molecule has 24 heavy (non-hydrogen) atoms. The van der Waals surface area contributed by atoms with Crippen LogP contribution in [0.15, 0.2) is 51.9 Å². The molecule has 0 spiro atoms. The molecule has 0 aliphatic rings. The molecule has 1 aromatic carbocycles. The van der Waals surface area contributed by atoms with Gasteiger partial charge in [-0.2, -0.15) is 0 Å². The predicted molar refractivity (Wildman–Crippen MR) is 93.6 cm³/mol. The number of hydrogen-bond donors (Lipinski definition) is 0. The highest BCUT2D eigenvalue weighted by Crippen LogP contribution is 2.19. The number of carbonyl (C=O) groups excluding carboxylic acids is 1. The van der Waals surface area contributed by atoms with E-state index in [-0.39, 0.29) is 24.2 Å². The molecule has 0 saturated carbocycles. The first-order valence-electron chi connectivity index (χ1n) is 7.38. The van der Waals surface area contributed by atoms with Gasteiger partial charge in [0.2, 0.25) is 0 Å². The molecule has 2 aromatic heterocycles. The van der Waals surface area contributed by atoms with Gasteiger partial charge < -0.3 is 4.74 Å². The van der Waals surface area contributed by atoms with Gasteiger partial charge in [-0.05, 0) is 35.0 Å². The number of hydrogen-bond acceptors (Lipinski definition) is 5. The molecule has 0 amide bonds. The Morgan fingerprint density at radius 1 is 1.17 bits per heavy atom. The van der Waals surface area contributed by atoms with Gasteiger partial charge in [-0.15, -0.1) is 0 Å². The lowest BCUT2D eigenvalue weighted by atomic mass is 10.2. The van der Waals surface area contributed by atoms with Crippen LogP contribution < -0.4 is 5.56 Å². The summed E-state index contributed by atoms with van der Waals surface area (Å²) in [5.41, 5.74) is 1.03. The van der Waals surface area contributed by atoms with Crippen molar-refractivity contribution < 1.29 is 9.53 Å². The number of esters is 1. The Bertz CT molecular complexity index is 954. The molecule has 122 valence electrons. The van der Waals surface area contributed by atoms with Crippen LogP contribution in [0.3, 0.4) is 0 Å². The third-order valence-corrected chi connectivity index (χ3v) is 3.84. The first-order valence-corrected chi connectivity index (χ1v) is 8.17. The van der Waals surface area contributed by atoms with Crippen molar-refractivity contribution in [3.05, 3.63) is 57.4 Å². The van der Waals surface area contributed by atoms with E-state index >= 15 is 0 Å². The number of rotatable bonds is 4. The van der Waals surface area contributed by atoms with Crippen LogP contribution in [0.1, 0.15) is 6.92 Å². The molecule has 6 nitrogen and oxygen atoms in total. The molecule has 7 heteroatoms. The van der Waals surface area contributed by atoms with Gasteiger partial charge in [0.15, 0.2) is 5.52 Å². The second kappa shape index (κ2) is 6.92. The van der Waals surface area contributed by atoms with Crippen LogP contribution in [0.25, 0.3) is 22.4 Å². The van der Waals surface area contributed by atoms with Crippen molar-refractivity contribution in [3.63, 3.8) is 0 Å². The van der Waals surface area contributed by atoms with Crippen molar-refractivity contribution in [2.75, 3.05) is 6.61 Å². The van der Waals surface area contributed by atoms with Gasteiger partial charge in [-0.3, -0.25) is 14.2 Å². The number of halogens is 1. The quantitative estimate of drug-likeness (QED) is 0.508. The maximum absolute atomic E-state index is 12.8. The Kier molecular flexibility index (Phi) is 4.71. The first-order chi connectivity index (χ1) is 11.6. The standard InChI is InChI=1S/C17H14BrN3O3/c1-2-24-14(22)10-21-16(11-6-4-3-5-7-11)19-12-8-9-13(18)20-15(12)17(21)23/h3-9H,2,10H2,1H3. The van der Waals surface area contributed by atoms with Gasteiger partial charge >= 0.3 is 5.97 Å². The number of pyridine rings is 1. The SMILES string of the molecule is CCOC(=O)Cn1c(-c2ccccc2)nc2ccc(Br)nc2c1=O. The fourth-order valence-electron chi connectivity index (χ4n) is 2.36. The molecule has 0 aliphatic heterocycles. The van der Waals surface area contributed by atoms with E-state index in [1.54, 1.807) is 19.1 Å². The van der Waals surface area contributed by atoms with Crippen molar-refractivity contribution in [2.45, 2.75) is 13.5 Å². The summed E-state index contributed by atoms with van der Waals surface area (Å²) in [5, 5.41) is 0. The topological polar surface area (TPSA) is 74.1 Å². The van der Waals surface area contributed by atoms with Gasteiger partial charge in [0.05, 0.1) is 12.1 Å². The molecule has 0 unspecified atom stereocenters. The van der Waals surface area contributed by atoms with E-state index in [1.165, 1.54) is 4.57 Å². The van der Waals surface area contributed by atoms with E-state index in [0.29, 0.717) is 15.9 Å². The van der Waals surface area contributed by atoms with Crippen LogP contribution in [0.4, 0.5) is 0 Å². The molecule has 3 rings (SSSR count). The van der Waals surface area contributed by atoms with Crippen LogP contribution >= 0.6 is 15.9 Å². The minimum Gasteiger partial charge on any atom is -0.465 e. The summed E-state index contributed by atoms with van der Waals surface area (Å²) in [7, 11) is 0. The Balaban J connectivity index is 2.26. The highest BCUT2D eigenvalue weighted by atomic mass is 79.9. The second-order valence-electron chi connectivity index (χ2n) is 5.00. The van der Waals surface area contributed by atoms with Crippen molar-refractivity contribution in [1.82, 2.24) is 14.5 Å². The summed E-state index contributed by atoms with van der Waals surface area (Å²) in [4.78, 5) is 33.5. The van der Waals surface area contributed by atoms with Crippen LogP contribution in [-0.2, 0) is 16.1 Å². The lowest BCUT2D eigenvalue weighted by Gasteiger charge is -2.13. The average Bonchev–Trinajstić information content (AvgIpc) is 2.59. The largest absolute Gasteiger partial charge is 0.465 e. The lowest BCUT2D eigenvalue weighted by Crippen LogP contribution is -2.28. The zero-order valence-electron chi connectivity index (χ0n) is 12.9. The summed E-state index contributed by atoms with van der Waals surface area (Å²) in [6, 6.07) is 12.7. The molecule has 2 heterocycles. The molecule has 0 bridgehead atoms. The van der Waals surface area contributed by atoms with E-state index in [0.717, 1.165) is 5.56 Å². The Labute approximate surface area is 146 Å². The first kappa shape index (κ1) is 16.3. The molecule has 0 N–H and O–H groups in total. The number of ether oxygens (including phenoxy) is 1. The Morgan fingerprint density at radius 3 is 2.62 bits per heavy atom. The minimum absolute atomic E-state index is 0.202. The molecular weight excluding hydrogens is 374 g/mol. The van der Waals surface area contributed by atoms with Crippen molar-refractivity contribution in [2.24, 2.45) is 0 Å². The van der Waals surface area contributed by atoms with Gasteiger partial charge in [-0.25, -0.2) is 9.97 Å². The summed E-state index contributed by atoms with van der Waals surface area (Å²) in [6.45, 7) is 1.75. The van der Waals surface area contributed by atoms with Gasteiger partial charge in [0.1, 0.15) is 17.0 Å². The van der Waals surface area contributed by atoms with Crippen LogP contribution in [0.5, 0.6) is 0 Å². The second-order valence-corrected chi connectivity index (χ2v) is 5.81. The average molecular weight is 388 g/mol. The highest BCUT2D eigenvalue weighted by Gasteiger charge is 2.16. The van der Waals surface area contributed by atoms with E-state index in [9.17, 15) is 9.59 Å². The number of aromatic nitrogens is 3. The lowest BCUT2D eigenvalue weighted by molar-refractivity contribution is -0.143. The molecule has 3 aromatic rings. The third kappa shape index (κ3) is 3.21. The molecule has 0 aliphatic carbocycles. The van der Waals surface area contributed by atoms with E-state index in [4.69, 9.17) is 4.74 Å². The zero-order chi connectivity index (χ0) is 17.1. The van der Waals surface area contributed by atoms with Gasteiger partial charge in [0.25, 0.3) is 5.56 Å². The summed E-state index contributed by atoms with van der Waals surface area (Å²) >= 11 is 3.25. The summed E-state index contributed by atoms with van der Waals surface area (Å²) < 4.78 is 6.80. The Hall–Kier alpha value is -2.54. The maximum Gasteiger partial charge on any atom is 0.326 e. The van der Waals surface area contributed by atoms with Crippen LogP contribution in [-0.4, -0.2) is 27.1 Å². The molecular formula is C17H14BrN3O3.